The van der Waals surface area contributed by atoms with Crippen molar-refractivity contribution in [3.05, 3.63) is 48.3 Å². The molecule has 2 aromatic rings. The van der Waals surface area contributed by atoms with Gasteiger partial charge in [-0.15, -0.1) is 0 Å². The van der Waals surface area contributed by atoms with E-state index in [4.69, 9.17) is 0 Å². The van der Waals surface area contributed by atoms with E-state index in [9.17, 15) is 14.4 Å². The minimum Gasteiger partial charge on any atom is -0.372 e. The first kappa shape index (κ1) is 18.3. The van der Waals surface area contributed by atoms with Crippen LogP contribution < -0.4 is 5.32 Å². The molecule has 1 spiro atoms. The highest BCUT2D eigenvalue weighted by Gasteiger charge is 2.42. The van der Waals surface area contributed by atoms with E-state index in [1.54, 1.807) is 0 Å². The SMILES string of the molecule is O=C(CCN1C(=O)CSC1=O)N1CCC2(CC1)Nc1ccccc1-n1cccc12. The molecule has 5 rings (SSSR count). The number of hydrogen-bond acceptors (Lipinski definition) is 5. The highest BCUT2D eigenvalue weighted by atomic mass is 32.2. The third kappa shape index (κ3) is 3.02. The Morgan fingerprint density at radius 1 is 1.10 bits per heavy atom. The number of amides is 3. The largest absolute Gasteiger partial charge is 0.372 e. The number of anilines is 1. The predicted molar refractivity (Wildman–Crippen MR) is 111 cm³/mol. The van der Waals surface area contributed by atoms with E-state index in [1.807, 2.05) is 17.0 Å². The second-order valence-electron chi connectivity index (χ2n) is 7.72. The van der Waals surface area contributed by atoms with Crippen molar-refractivity contribution in [3.63, 3.8) is 0 Å². The van der Waals surface area contributed by atoms with Crippen molar-refractivity contribution in [3.8, 4) is 5.69 Å². The molecule has 0 bridgehead atoms. The molecule has 4 heterocycles. The summed E-state index contributed by atoms with van der Waals surface area (Å²) in [5, 5.41) is 3.50. The number of aromatic nitrogens is 1. The predicted octanol–water partition coefficient (Wildman–Crippen LogP) is 2.81. The quantitative estimate of drug-likeness (QED) is 0.842. The van der Waals surface area contributed by atoms with Crippen LogP contribution in [0.3, 0.4) is 0 Å². The lowest BCUT2D eigenvalue weighted by Crippen LogP contribution is -2.51. The van der Waals surface area contributed by atoms with Gasteiger partial charge in [0, 0.05) is 37.9 Å². The summed E-state index contributed by atoms with van der Waals surface area (Å²) in [4.78, 5) is 39.1. The van der Waals surface area contributed by atoms with Crippen LogP contribution in [0.1, 0.15) is 25.0 Å². The Bertz CT molecular complexity index is 977. The summed E-state index contributed by atoms with van der Waals surface area (Å²) in [6.45, 7) is 1.48. The van der Waals surface area contributed by atoms with Gasteiger partial charge < -0.3 is 14.8 Å². The molecule has 1 aromatic carbocycles. The lowest BCUT2D eigenvalue weighted by molar-refractivity contribution is -0.133. The van der Waals surface area contributed by atoms with Crippen LogP contribution in [0, 0.1) is 0 Å². The normalized spacial score (nSPS) is 19.9. The van der Waals surface area contributed by atoms with E-state index >= 15 is 0 Å². The fourth-order valence-corrected chi connectivity index (χ4v) is 5.33. The molecule has 2 saturated heterocycles. The van der Waals surface area contributed by atoms with Crippen LogP contribution in [0.2, 0.25) is 0 Å². The fourth-order valence-electron chi connectivity index (χ4n) is 4.57. The van der Waals surface area contributed by atoms with E-state index in [-0.39, 0.29) is 41.3 Å². The maximum absolute atomic E-state index is 12.7. The minimum atomic E-state index is -0.244. The molecule has 1 N–H and O–H groups in total. The van der Waals surface area contributed by atoms with Crippen LogP contribution in [0.15, 0.2) is 42.6 Å². The standard InChI is InChI=1S/C21H22N4O3S/c26-18(7-11-25-19(27)14-29-20(25)28)23-12-8-21(9-13-23)17-6-3-10-24(17)16-5-2-1-4-15(16)22-21/h1-6,10,22H,7-9,11-14H2. The average Bonchev–Trinajstić information content (AvgIpc) is 3.35. The number of carbonyl (C=O) groups excluding carboxylic acids is 3. The maximum Gasteiger partial charge on any atom is 0.288 e. The van der Waals surface area contributed by atoms with Crippen molar-refractivity contribution in [1.29, 1.82) is 0 Å². The molecule has 29 heavy (non-hydrogen) atoms. The Balaban J connectivity index is 1.27. The van der Waals surface area contributed by atoms with Crippen molar-refractivity contribution in [2.75, 3.05) is 30.7 Å². The van der Waals surface area contributed by atoms with Crippen molar-refractivity contribution in [1.82, 2.24) is 14.4 Å². The third-order valence-electron chi connectivity index (χ3n) is 6.14. The summed E-state index contributed by atoms with van der Waals surface area (Å²) in [6.07, 6.45) is 3.91. The maximum atomic E-state index is 12.7. The number of nitrogens with one attached hydrogen (secondary N) is 1. The number of rotatable bonds is 3. The molecule has 3 aliphatic rings. The van der Waals surface area contributed by atoms with Crippen LogP contribution in [0.5, 0.6) is 0 Å². The number of benzene rings is 1. The zero-order valence-electron chi connectivity index (χ0n) is 16.0. The number of fused-ring (bicyclic) bond motifs is 4. The van der Waals surface area contributed by atoms with Gasteiger partial charge in [0.2, 0.25) is 11.8 Å². The molecule has 8 heteroatoms. The smallest absolute Gasteiger partial charge is 0.288 e. The molecule has 0 saturated carbocycles. The highest BCUT2D eigenvalue weighted by Crippen LogP contribution is 2.43. The highest BCUT2D eigenvalue weighted by molar-refractivity contribution is 8.14. The monoisotopic (exact) mass is 410 g/mol. The van der Waals surface area contributed by atoms with Gasteiger partial charge >= 0.3 is 0 Å². The number of hydrogen-bond donors (Lipinski definition) is 1. The molecule has 1 aromatic heterocycles. The average molecular weight is 410 g/mol. The second-order valence-corrected chi connectivity index (χ2v) is 8.65. The number of nitrogens with zero attached hydrogens (tertiary/aromatic N) is 3. The van der Waals surface area contributed by atoms with Crippen molar-refractivity contribution in [2.45, 2.75) is 24.8 Å². The molecule has 3 aliphatic heterocycles. The molecule has 150 valence electrons. The molecular weight excluding hydrogens is 388 g/mol. The molecule has 7 nitrogen and oxygen atoms in total. The lowest BCUT2D eigenvalue weighted by Gasteiger charge is -2.46. The number of carbonyl (C=O) groups is 3. The van der Waals surface area contributed by atoms with Gasteiger partial charge in [0.15, 0.2) is 0 Å². The molecular formula is C21H22N4O3S. The van der Waals surface area contributed by atoms with Gasteiger partial charge in [-0.3, -0.25) is 19.3 Å². The van der Waals surface area contributed by atoms with Gasteiger partial charge in [-0.1, -0.05) is 23.9 Å². The summed E-state index contributed by atoms with van der Waals surface area (Å²) in [5.41, 5.74) is 3.30. The number of likely N-dealkylation sites (tertiary alicyclic amines) is 1. The Morgan fingerprint density at radius 3 is 2.66 bits per heavy atom. The van der Waals surface area contributed by atoms with Crippen LogP contribution in [-0.2, 0) is 15.1 Å². The van der Waals surface area contributed by atoms with E-state index in [2.05, 4.69) is 40.3 Å². The summed E-state index contributed by atoms with van der Waals surface area (Å²) in [7, 11) is 0. The van der Waals surface area contributed by atoms with Crippen molar-refractivity contribution < 1.29 is 14.4 Å². The van der Waals surface area contributed by atoms with Crippen LogP contribution >= 0.6 is 11.8 Å². The molecule has 3 amide bonds. The molecule has 0 atom stereocenters. The summed E-state index contributed by atoms with van der Waals surface area (Å²) in [6, 6.07) is 12.5. The second kappa shape index (κ2) is 6.95. The molecule has 2 fully saturated rings. The van der Waals surface area contributed by atoms with Crippen LogP contribution in [-0.4, -0.2) is 56.8 Å². The first-order valence-electron chi connectivity index (χ1n) is 9.88. The van der Waals surface area contributed by atoms with E-state index < -0.39 is 0 Å². The summed E-state index contributed by atoms with van der Waals surface area (Å²) < 4.78 is 2.24. The minimum absolute atomic E-state index is 0.00365. The Morgan fingerprint density at radius 2 is 1.90 bits per heavy atom. The Labute approximate surface area is 173 Å². The molecule has 0 radical (unpaired) electrons. The first-order valence-corrected chi connectivity index (χ1v) is 10.9. The van der Waals surface area contributed by atoms with E-state index in [1.165, 1.54) is 10.6 Å². The summed E-state index contributed by atoms with van der Waals surface area (Å²) >= 11 is 1.01. The fraction of sp³-hybridized carbons (Fsp3) is 0.381. The van der Waals surface area contributed by atoms with Gasteiger partial charge in [0.25, 0.3) is 5.24 Å². The van der Waals surface area contributed by atoms with Crippen LogP contribution in [0.4, 0.5) is 10.5 Å². The number of piperidine rings is 1. The van der Waals surface area contributed by atoms with Gasteiger partial charge in [0.1, 0.15) is 0 Å². The third-order valence-corrected chi connectivity index (χ3v) is 6.99. The molecule has 0 unspecified atom stereocenters. The van der Waals surface area contributed by atoms with Gasteiger partial charge in [-0.25, -0.2) is 0 Å². The number of imide groups is 1. The van der Waals surface area contributed by atoms with Crippen molar-refractivity contribution in [2.24, 2.45) is 0 Å². The van der Waals surface area contributed by atoms with Gasteiger partial charge in [-0.05, 0) is 37.1 Å². The van der Waals surface area contributed by atoms with Gasteiger partial charge in [-0.2, -0.15) is 0 Å². The van der Waals surface area contributed by atoms with Gasteiger partial charge in [0.05, 0.1) is 22.7 Å². The Kier molecular flexibility index (Phi) is 4.38. The van der Waals surface area contributed by atoms with Crippen molar-refractivity contribution >= 4 is 34.5 Å². The first-order chi connectivity index (χ1) is 14.1. The zero-order valence-corrected chi connectivity index (χ0v) is 16.8. The van der Waals surface area contributed by atoms with Crippen LogP contribution in [0.25, 0.3) is 5.69 Å². The molecule has 0 aliphatic carbocycles. The summed E-state index contributed by atoms with van der Waals surface area (Å²) in [5.74, 6) is -0.00773. The lowest BCUT2D eigenvalue weighted by atomic mass is 9.82. The number of thioether (sulfide) groups is 1. The van der Waals surface area contributed by atoms with E-state index in [0.29, 0.717) is 13.1 Å². The number of para-hydroxylation sites is 2. The topological polar surface area (TPSA) is 74.7 Å². The zero-order chi connectivity index (χ0) is 20.0. The van der Waals surface area contributed by atoms with E-state index in [0.717, 1.165) is 36.0 Å². The Hall–Kier alpha value is -2.74.